The lowest BCUT2D eigenvalue weighted by atomic mass is 9.95. The standard InChI is InChI=1S/C35H33N3O6S/c1-6-42-34(40)30-22(4)37-35-38(31(30)26-11-7-8-12-27(26)44-21(2)3)33(39)29(45-35)18-25-10-9-13-28(41-5)32(25)43-20-24-16-14-23(19-36)15-17-24/h7-18,21,31H,6,20H2,1-5H3/b29-18-/t31-/m0/s1. The Balaban J connectivity index is 1.65. The zero-order chi connectivity index (χ0) is 32.1. The van der Waals surface area contributed by atoms with E-state index in [1.54, 1.807) is 45.2 Å². The maximum absolute atomic E-state index is 14.2. The normalized spacial score (nSPS) is 14.4. The third-order valence-corrected chi connectivity index (χ3v) is 8.06. The molecule has 2 heterocycles. The van der Waals surface area contributed by atoms with Crippen molar-refractivity contribution in [3.8, 4) is 23.3 Å². The number of hydrogen-bond donors (Lipinski definition) is 0. The van der Waals surface area contributed by atoms with Gasteiger partial charge in [0.25, 0.3) is 5.56 Å². The van der Waals surface area contributed by atoms with Crippen LogP contribution in [0.5, 0.6) is 17.2 Å². The topological polar surface area (TPSA) is 112 Å². The minimum absolute atomic E-state index is 0.131. The summed E-state index contributed by atoms with van der Waals surface area (Å²) in [6, 6.07) is 21.3. The molecule has 4 aromatic rings. The number of rotatable bonds is 10. The smallest absolute Gasteiger partial charge is 0.338 e. The first-order valence-corrected chi connectivity index (χ1v) is 15.3. The number of para-hydroxylation sites is 2. The summed E-state index contributed by atoms with van der Waals surface area (Å²) in [6.45, 7) is 7.73. The van der Waals surface area contributed by atoms with Gasteiger partial charge in [0.05, 0.1) is 47.3 Å². The highest BCUT2D eigenvalue weighted by Crippen LogP contribution is 2.36. The van der Waals surface area contributed by atoms with E-state index in [1.165, 1.54) is 15.9 Å². The third-order valence-electron chi connectivity index (χ3n) is 7.08. The van der Waals surface area contributed by atoms with Crippen LogP contribution in [0.15, 0.2) is 87.8 Å². The summed E-state index contributed by atoms with van der Waals surface area (Å²) >= 11 is 1.22. The minimum atomic E-state index is -0.810. The predicted molar refractivity (Wildman–Crippen MR) is 171 cm³/mol. The molecule has 0 saturated carbocycles. The Hall–Kier alpha value is -5.14. The Morgan fingerprint density at radius 2 is 1.82 bits per heavy atom. The number of fused-ring (bicyclic) bond motifs is 1. The summed E-state index contributed by atoms with van der Waals surface area (Å²) in [5.74, 6) is 0.993. The zero-order valence-corrected chi connectivity index (χ0v) is 26.5. The average Bonchev–Trinajstić information content (AvgIpc) is 3.33. The molecule has 5 rings (SSSR count). The molecule has 230 valence electrons. The van der Waals surface area contributed by atoms with Gasteiger partial charge in [-0.15, -0.1) is 0 Å². The summed E-state index contributed by atoms with van der Waals surface area (Å²) in [6.07, 6.45) is 1.62. The number of carbonyl (C=O) groups is 1. The van der Waals surface area contributed by atoms with E-state index in [-0.39, 0.29) is 30.5 Å². The first-order valence-electron chi connectivity index (χ1n) is 14.5. The molecule has 0 N–H and O–H groups in total. The third kappa shape index (κ3) is 6.54. The van der Waals surface area contributed by atoms with Gasteiger partial charge < -0.3 is 18.9 Å². The van der Waals surface area contributed by atoms with Gasteiger partial charge in [-0.25, -0.2) is 9.79 Å². The molecule has 0 spiro atoms. The van der Waals surface area contributed by atoms with Crippen molar-refractivity contribution in [2.24, 2.45) is 4.99 Å². The van der Waals surface area contributed by atoms with Crippen LogP contribution in [0.1, 0.15) is 56.0 Å². The minimum Gasteiger partial charge on any atom is -0.493 e. The number of hydrogen-bond acceptors (Lipinski definition) is 9. The van der Waals surface area contributed by atoms with E-state index in [2.05, 4.69) is 11.1 Å². The maximum Gasteiger partial charge on any atom is 0.338 e. The fourth-order valence-electron chi connectivity index (χ4n) is 5.09. The Morgan fingerprint density at radius 1 is 1.09 bits per heavy atom. The van der Waals surface area contributed by atoms with E-state index in [1.807, 2.05) is 62.4 Å². The number of aromatic nitrogens is 1. The lowest BCUT2D eigenvalue weighted by Crippen LogP contribution is -2.40. The van der Waals surface area contributed by atoms with Crippen LogP contribution in [0, 0.1) is 11.3 Å². The molecule has 0 amide bonds. The van der Waals surface area contributed by atoms with E-state index in [0.717, 1.165) is 5.56 Å². The molecule has 0 bridgehead atoms. The molecule has 0 aliphatic carbocycles. The van der Waals surface area contributed by atoms with Crippen LogP contribution in [-0.4, -0.2) is 30.4 Å². The second kappa shape index (κ2) is 13.7. The predicted octanol–water partition coefficient (Wildman–Crippen LogP) is 5.04. The zero-order valence-electron chi connectivity index (χ0n) is 25.7. The summed E-state index contributed by atoms with van der Waals surface area (Å²) < 4.78 is 25.3. The fraction of sp³-hybridized carbons (Fsp3) is 0.257. The highest BCUT2D eigenvalue weighted by atomic mass is 32.1. The molecule has 1 aliphatic rings. The number of nitriles is 1. The van der Waals surface area contributed by atoms with Crippen LogP contribution in [-0.2, 0) is 16.1 Å². The number of carbonyl (C=O) groups excluding carboxylic acids is 1. The summed E-state index contributed by atoms with van der Waals surface area (Å²) in [5.41, 5.74) is 3.15. The number of thiazole rings is 1. The quantitative estimate of drug-likeness (QED) is 0.228. The SMILES string of the molecule is CCOC(=O)C1=C(C)N=c2s/c(=C\c3cccc(OC)c3OCc3ccc(C#N)cc3)c(=O)n2[C@H]1c1ccccc1OC(C)C. The Morgan fingerprint density at radius 3 is 2.51 bits per heavy atom. The van der Waals surface area contributed by atoms with Crippen LogP contribution >= 0.6 is 11.3 Å². The van der Waals surface area contributed by atoms with E-state index in [0.29, 0.717) is 49.0 Å². The van der Waals surface area contributed by atoms with E-state index >= 15 is 0 Å². The van der Waals surface area contributed by atoms with Gasteiger partial charge >= 0.3 is 5.97 Å². The Kier molecular flexibility index (Phi) is 9.50. The first kappa shape index (κ1) is 31.3. The molecule has 10 heteroatoms. The summed E-state index contributed by atoms with van der Waals surface area (Å²) in [7, 11) is 1.55. The molecule has 0 unspecified atom stereocenters. The van der Waals surface area contributed by atoms with Gasteiger partial charge in [0.1, 0.15) is 18.4 Å². The van der Waals surface area contributed by atoms with E-state index < -0.39 is 12.0 Å². The van der Waals surface area contributed by atoms with Crippen LogP contribution in [0.3, 0.4) is 0 Å². The molecule has 0 saturated heterocycles. The van der Waals surface area contributed by atoms with Gasteiger partial charge in [-0.1, -0.05) is 53.8 Å². The molecule has 1 aliphatic heterocycles. The lowest BCUT2D eigenvalue weighted by Gasteiger charge is -2.26. The Bertz CT molecular complexity index is 1980. The number of ether oxygens (including phenoxy) is 4. The van der Waals surface area contributed by atoms with Gasteiger partial charge in [-0.2, -0.15) is 5.26 Å². The van der Waals surface area contributed by atoms with Gasteiger partial charge in [0.15, 0.2) is 16.3 Å². The van der Waals surface area contributed by atoms with E-state index in [9.17, 15) is 9.59 Å². The highest BCUT2D eigenvalue weighted by Gasteiger charge is 2.35. The molecule has 0 fully saturated rings. The van der Waals surface area contributed by atoms with Crippen LogP contribution in [0.4, 0.5) is 0 Å². The van der Waals surface area contributed by atoms with Crippen LogP contribution in [0.25, 0.3) is 6.08 Å². The molecule has 9 nitrogen and oxygen atoms in total. The van der Waals surface area contributed by atoms with Gasteiger partial charge in [0, 0.05) is 11.1 Å². The number of methoxy groups -OCH3 is 1. The second-order valence-corrected chi connectivity index (χ2v) is 11.5. The monoisotopic (exact) mass is 623 g/mol. The molecule has 1 atom stereocenters. The first-order chi connectivity index (χ1) is 21.7. The fourth-order valence-corrected chi connectivity index (χ4v) is 6.12. The number of esters is 1. The second-order valence-electron chi connectivity index (χ2n) is 10.5. The van der Waals surface area contributed by atoms with Crippen molar-refractivity contribution >= 4 is 23.4 Å². The summed E-state index contributed by atoms with van der Waals surface area (Å²) in [4.78, 5) is 32.7. The number of allylic oxidation sites excluding steroid dienone is 1. The van der Waals surface area contributed by atoms with Gasteiger partial charge in [-0.3, -0.25) is 9.36 Å². The van der Waals surface area contributed by atoms with Crippen LogP contribution < -0.4 is 29.1 Å². The molecular weight excluding hydrogens is 590 g/mol. The van der Waals surface area contributed by atoms with Crippen molar-refractivity contribution < 1.29 is 23.7 Å². The molecule has 1 aromatic heterocycles. The molecule has 3 aromatic carbocycles. The molecule has 0 radical (unpaired) electrons. The van der Waals surface area contributed by atoms with Crippen molar-refractivity contribution in [3.05, 3.63) is 120 Å². The molecule has 45 heavy (non-hydrogen) atoms. The van der Waals surface area contributed by atoms with Crippen LogP contribution in [0.2, 0.25) is 0 Å². The Labute approximate surface area is 264 Å². The highest BCUT2D eigenvalue weighted by molar-refractivity contribution is 7.07. The lowest BCUT2D eigenvalue weighted by molar-refractivity contribution is -0.139. The number of nitrogens with zero attached hydrogens (tertiary/aromatic N) is 3. The summed E-state index contributed by atoms with van der Waals surface area (Å²) in [5, 5.41) is 9.11. The van der Waals surface area contributed by atoms with Crippen molar-refractivity contribution in [3.63, 3.8) is 0 Å². The van der Waals surface area contributed by atoms with Crippen molar-refractivity contribution in [1.29, 1.82) is 5.26 Å². The van der Waals surface area contributed by atoms with Gasteiger partial charge in [0.2, 0.25) is 0 Å². The maximum atomic E-state index is 14.2. The molecular formula is C35H33N3O6S. The van der Waals surface area contributed by atoms with Gasteiger partial charge in [-0.05, 0) is 63.6 Å². The number of benzene rings is 3. The van der Waals surface area contributed by atoms with Crippen molar-refractivity contribution in [2.45, 2.75) is 46.4 Å². The average molecular weight is 624 g/mol. The van der Waals surface area contributed by atoms with Crippen molar-refractivity contribution in [1.82, 2.24) is 4.57 Å². The largest absolute Gasteiger partial charge is 0.493 e. The van der Waals surface area contributed by atoms with Crippen molar-refractivity contribution in [2.75, 3.05) is 13.7 Å². The van der Waals surface area contributed by atoms with E-state index in [4.69, 9.17) is 24.2 Å².